The second-order valence-electron chi connectivity index (χ2n) is 7.27. The number of carbonyl (C=O) groups is 1. The van der Waals surface area contributed by atoms with E-state index in [2.05, 4.69) is 65.8 Å². The van der Waals surface area contributed by atoms with Gasteiger partial charge in [-0.05, 0) is 47.7 Å². The number of aryl methyl sites for hydroxylation is 1. The van der Waals surface area contributed by atoms with Gasteiger partial charge >= 0.3 is 0 Å². The van der Waals surface area contributed by atoms with Crippen LogP contribution in [0.15, 0.2) is 24.3 Å². The third kappa shape index (κ3) is 4.45. The summed E-state index contributed by atoms with van der Waals surface area (Å²) < 4.78 is 6.64. The van der Waals surface area contributed by atoms with Gasteiger partial charge in [0.25, 0.3) is 8.32 Å². The van der Waals surface area contributed by atoms with Crippen LogP contribution in [0, 0.1) is 0 Å². The molecule has 124 valence electrons. The summed E-state index contributed by atoms with van der Waals surface area (Å²) >= 11 is 0. The van der Waals surface area contributed by atoms with Crippen molar-refractivity contribution < 1.29 is 9.22 Å². The summed E-state index contributed by atoms with van der Waals surface area (Å²) in [6, 6.07) is 8.34. The molecule has 0 heterocycles. The van der Waals surface area contributed by atoms with Crippen molar-refractivity contribution >= 4 is 14.1 Å². The number of ketones is 1. The zero-order valence-corrected chi connectivity index (χ0v) is 16.3. The zero-order chi connectivity index (χ0) is 16.9. The molecule has 22 heavy (non-hydrogen) atoms. The van der Waals surface area contributed by atoms with E-state index in [1.165, 1.54) is 5.56 Å². The minimum atomic E-state index is -1.88. The summed E-state index contributed by atoms with van der Waals surface area (Å²) in [6.45, 7) is 15.4. The highest BCUT2D eigenvalue weighted by atomic mass is 28.4. The van der Waals surface area contributed by atoms with Gasteiger partial charge in [-0.15, -0.1) is 0 Å². The molecule has 0 bridgehead atoms. The molecule has 2 nitrogen and oxygen atoms in total. The molecule has 0 amide bonds. The lowest BCUT2D eigenvalue weighted by Crippen LogP contribution is -2.50. The van der Waals surface area contributed by atoms with Crippen LogP contribution in [-0.2, 0) is 11.2 Å². The maximum atomic E-state index is 11.1. The van der Waals surface area contributed by atoms with Crippen LogP contribution < -0.4 is 4.43 Å². The molecule has 0 fully saturated rings. The number of Topliss-reactive ketones (excluding diaryl/α,β-unsaturated/α-hetero) is 1. The van der Waals surface area contributed by atoms with Crippen molar-refractivity contribution in [3.63, 3.8) is 0 Å². The second kappa shape index (κ2) is 7.96. The monoisotopic (exact) mass is 320 g/mol. The third-order valence-corrected chi connectivity index (χ3v) is 10.7. The Hall–Kier alpha value is -1.09. The molecule has 0 spiro atoms. The fraction of sp³-hybridized carbons (Fsp3) is 0.632. The normalized spacial score (nSPS) is 12.3. The van der Waals surface area contributed by atoms with Crippen LogP contribution in [0.5, 0.6) is 5.75 Å². The van der Waals surface area contributed by atoms with Gasteiger partial charge in [-0.25, -0.2) is 0 Å². The average Bonchev–Trinajstić information content (AvgIpc) is 2.42. The fourth-order valence-electron chi connectivity index (χ4n) is 3.60. The van der Waals surface area contributed by atoms with Gasteiger partial charge in [-0.1, -0.05) is 53.7 Å². The van der Waals surface area contributed by atoms with Crippen LogP contribution in [0.1, 0.15) is 60.5 Å². The van der Waals surface area contributed by atoms with Crippen molar-refractivity contribution in [3.05, 3.63) is 29.8 Å². The Labute approximate surface area is 137 Å². The molecule has 0 aliphatic heterocycles. The molecule has 0 aromatic heterocycles. The Morgan fingerprint density at radius 3 is 1.77 bits per heavy atom. The van der Waals surface area contributed by atoms with Crippen LogP contribution in [-0.4, -0.2) is 14.1 Å². The van der Waals surface area contributed by atoms with Crippen LogP contribution in [0.4, 0.5) is 0 Å². The van der Waals surface area contributed by atoms with Crippen molar-refractivity contribution in [3.8, 4) is 5.75 Å². The number of hydrogen-bond donors (Lipinski definition) is 0. The minimum Gasteiger partial charge on any atom is -0.543 e. The highest BCUT2D eigenvalue weighted by Crippen LogP contribution is 2.42. The minimum absolute atomic E-state index is 0.242. The Morgan fingerprint density at radius 2 is 1.41 bits per heavy atom. The maximum Gasteiger partial charge on any atom is 0.258 e. The summed E-state index contributed by atoms with van der Waals surface area (Å²) in [5, 5.41) is 0. The highest BCUT2D eigenvalue weighted by molar-refractivity contribution is 6.78. The smallest absolute Gasteiger partial charge is 0.258 e. The van der Waals surface area contributed by atoms with Gasteiger partial charge in [0.1, 0.15) is 11.5 Å². The molecule has 0 N–H and O–H groups in total. The summed E-state index contributed by atoms with van der Waals surface area (Å²) in [7, 11) is -1.88. The number of benzene rings is 1. The lowest BCUT2D eigenvalue weighted by Gasteiger charge is -2.42. The molecule has 1 rings (SSSR count). The topological polar surface area (TPSA) is 26.3 Å². The van der Waals surface area contributed by atoms with Gasteiger partial charge in [0.15, 0.2) is 0 Å². The molecule has 0 atom stereocenters. The average molecular weight is 321 g/mol. The Morgan fingerprint density at radius 1 is 0.955 bits per heavy atom. The summed E-state index contributed by atoms with van der Waals surface area (Å²) in [4.78, 5) is 11.1. The van der Waals surface area contributed by atoms with E-state index >= 15 is 0 Å². The maximum absolute atomic E-state index is 11.1. The molecule has 0 aliphatic carbocycles. The van der Waals surface area contributed by atoms with Crippen LogP contribution >= 0.6 is 0 Å². The molecule has 1 aromatic carbocycles. The SMILES string of the molecule is CC(=O)CCc1ccc(O[Si](C(C)C)(C(C)C)C(C)C)cc1. The van der Waals surface area contributed by atoms with Gasteiger partial charge in [0.2, 0.25) is 0 Å². The molecular weight excluding hydrogens is 288 g/mol. The molecule has 0 unspecified atom stereocenters. The first-order valence-corrected chi connectivity index (χ1v) is 10.6. The highest BCUT2D eigenvalue weighted by Gasteiger charge is 2.46. The van der Waals surface area contributed by atoms with E-state index in [0.29, 0.717) is 23.0 Å². The summed E-state index contributed by atoms with van der Waals surface area (Å²) in [6.07, 6.45) is 1.43. The predicted molar refractivity (Wildman–Crippen MR) is 97.1 cm³/mol. The first-order valence-electron chi connectivity index (χ1n) is 8.47. The van der Waals surface area contributed by atoms with Gasteiger partial charge in [-0.3, -0.25) is 0 Å². The Bertz CT molecular complexity index is 453. The third-order valence-electron chi connectivity index (χ3n) is 4.69. The van der Waals surface area contributed by atoms with Crippen molar-refractivity contribution in [1.29, 1.82) is 0 Å². The second-order valence-corrected chi connectivity index (χ2v) is 12.6. The van der Waals surface area contributed by atoms with Gasteiger partial charge in [0.05, 0.1) is 0 Å². The molecule has 0 saturated heterocycles. The van der Waals surface area contributed by atoms with E-state index in [-0.39, 0.29) is 5.78 Å². The van der Waals surface area contributed by atoms with Crippen LogP contribution in [0.2, 0.25) is 16.6 Å². The van der Waals surface area contributed by atoms with Crippen molar-refractivity contribution in [2.75, 3.05) is 0 Å². The van der Waals surface area contributed by atoms with Gasteiger partial charge in [-0.2, -0.15) is 0 Å². The van der Waals surface area contributed by atoms with E-state index in [1.807, 2.05) is 0 Å². The molecule has 0 aliphatic rings. The zero-order valence-electron chi connectivity index (χ0n) is 15.3. The van der Waals surface area contributed by atoms with Crippen molar-refractivity contribution in [1.82, 2.24) is 0 Å². The van der Waals surface area contributed by atoms with Gasteiger partial charge in [0, 0.05) is 6.42 Å². The largest absolute Gasteiger partial charge is 0.543 e. The lowest BCUT2D eigenvalue weighted by atomic mass is 10.1. The summed E-state index contributed by atoms with van der Waals surface area (Å²) in [5.74, 6) is 1.22. The Balaban J connectivity index is 2.93. The van der Waals surface area contributed by atoms with E-state index in [4.69, 9.17) is 4.43 Å². The van der Waals surface area contributed by atoms with Crippen molar-refractivity contribution in [2.24, 2.45) is 0 Å². The van der Waals surface area contributed by atoms with E-state index in [0.717, 1.165) is 12.2 Å². The standard InChI is InChI=1S/C19H32O2Si/c1-14(2)22(15(3)4,16(5)6)21-19-12-10-18(11-13-19)9-8-17(7)20/h10-16H,8-9H2,1-7H3. The van der Waals surface area contributed by atoms with E-state index < -0.39 is 8.32 Å². The van der Waals surface area contributed by atoms with Gasteiger partial charge < -0.3 is 9.22 Å². The molecular formula is C19H32O2Si. The molecule has 3 heteroatoms. The predicted octanol–water partition coefficient (Wildman–Crippen LogP) is 5.76. The van der Waals surface area contributed by atoms with Crippen molar-refractivity contribution in [2.45, 2.75) is 77.9 Å². The lowest BCUT2D eigenvalue weighted by molar-refractivity contribution is -0.116. The molecule has 1 aromatic rings. The quantitative estimate of drug-likeness (QED) is 0.569. The summed E-state index contributed by atoms with van der Waals surface area (Å²) in [5.41, 5.74) is 2.92. The number of hydrogen-bond acceptors (Lipinski definition) is 2. The fourth-order valence-corrected chi connectivity index (χ4v) is 8.85. The van der Waals surface area contributed by atoms with Crippen LogP contribution in [0.3, 0.4) is 0 Å². The van der Waals surface area contributed by atoms with E-state index in [9.17, 15) is 4.79 Å². The molecule has 0 radical (unpaired) electrons. The number of rotatable bonds is 8. The molecule has 0 saturated carbocycles. The number of carbonyl (C=O) groups excluding carboxylic acids is 1. The first-order chi connectivity index (χ1) is 10.2. The first kappa shape index (κ1) is 19.0. The van der Waals surface area contributed by atoms with E-state index in [1.54, 1.807) is 6.92 Å². The Kier molecular flexibility index (Phi) is 6.85. The van der Waals surface area contributed by atoms with Crippen LogP contribution in [0.25, 0.3) is 0 Å².